The Balaban J connectivity index is 1.10. The Hall–Kier alpha value is -8.00. The van der Waals surface area contributed by atoms with Crippen LogP contribution in [0.25, 0.3) is 54.9 Å². The Bertz CT molecular complexity index is 3400. The first kappa shape index (κ1) is 35.6. The number of rotatable bonds is 10. The van der Waals surface area contributed by atoms with Gasteiger partial charge in [-0.15, -0.1) is 6.55 Å². The fourth-order valence-corrected chi connectivity index (χ4v) is 10.3. The summed E-state index contributed by atoms with van der Waals surface area (Å²) in [7, 11) is 0. The van der Waals surface area contributed by atoms with Crippen molar-refractivity contribution in [3.05, 3.63) is 290 Å². The summed E-state index contributed by atoms with van der Waals surface area (Å²) in [5.41, 5.74) is 11.9. The molecule has 0 spiro atoms. The molecule has 0 saturated carbocycles. The van der Waals surface area contributed by atoms with Gasteiger partial charge in [-0.1, -0.05) is 224 Å². The van der Waals surface area contributed by atoms with E-state index in [0.29, 0.717) is 6.05 Å². The van der Waals surface area contributed by atoms with E-state index < -0.39 is 17.3 Å². The maximum absolute atomic E-state index is 10.5. The predicted octanol–water partition coefficient (Wildman–Crippen LogP) is 16.6. The summed E-state index contributed by atoms with van der Waals surface area (Å²) < 4.78 is 28.5. The van der Waals surface area contributed by atoms with E-state index in [9.17, 15) is 2.74 Å². The lowest BCUT2D eigenvalue weighted by Crippen LogP contribution is -2.34. The molecule has 11 rings (SSSR count). The van der Waals surface area contributed by atoms with Crippen LogP contribution in [0, 0.1) is 5.92 Å². The first-order valence-corrected chi connectivity index (χ1v) is 22.0. The van der Waals surface area contributed by atoms with Crippen LogP contribution in [0.1, 0.15) is 32.3 Å². The molecule has 0 heterocycles. The fourth-order valence-electron chi connectivity index (χ4n) is 10.3. The van der Waals surface area contributed by atoms with E-state index in [1.807, 2.05) is 30.5 Å². The number of allylic oxidation sites excluding steroid dienone is 2. The van der Waals surface area contributed by atoms with Gasteiger partial charge in [0.05, 0.1) is 9.53 Å². The molecule has 0 fully saturated rings. The molecule has 0 N–H and O–H groups in total. The van der Waals surface area contributed by atoms with Crippen LogP contribution in [0.5, 0.6) is 0 Å². The number of anilines is 2. The molecule has 0 aliphatic heterocycles. The molecule has 0 aromatic heterocycles. The zero-order valence-electron chi connectivity index (χ0n) is 38.4. The first-order valence-electron chi connectivity index (χ1n) is 23.6. The smallest absolute Gasteiger partial charge is 0.0595 e. The average Bonchev–Trinajstić information content (AvgIpc) is 3.73. The minimum atomic E-state index is -0.843. The molecule has 2 atom stereocenters. The number of hydrogen-bond acceptors (Lipinski definition) is 1. The van der Waals surface area contributed by atoms with Crippen LogP contribution in [0.2, 0.25) is 0 Å². The number of nitrogens with zero attached hydrogens (tertiary/aromatic N) is 1. The Morgan fingerprint density at radius 2 is 0.938 bits per heavy atom. The zero-order valence-corrected chi connectivity index (χ0v) is 35.4. The monoisotopic (exact) mass is 820 g/mol. The number of fused-ring (bicyclic) bond motifs is 4. The van der Waals surface area contributed by atoms with E-state index in [0.717, 1.165) is 73.6 Å². The van der Waals surface area contributed by atoms with Crippen molar-refractivity contribution in [3.8, 4) is 33.4 Å². The maximum Gasteiger partial charge on any atom is 0.0595 e. The summed E-state index contributed by atoms with van der Waals surface area (Å²) >= 11 is 0. The van der Waals surface area contributed by atoms with Gasteiger partial charge in [0.15, 0.2) is 0 Å². The lowest BCUT2D eigenvalue weighted by molar-refractivity contribution is 0.459. The SMILES string of the molecule is [2H]C=C([2H])C1c2ccccc2C(c2ccccc2)(c2ccccc2)C1/C([2H])=C/N(c1ccc(-c2ccccc2-c2ccccc2)cc1)c1ccc(-c2cc3ccccc3c3ccccc23)cc1. The fraction of sp³-hybridized carbons (Fsp3) is 0.0476. The van der Waals surface area contributed by atoms with Gasteiger partial charge in [0.1, 0.15) is 0 Å². The number of hydrogen-bond donors (Lipinski definition) is 0. The van der Waals surface area contributed by atoms with Crippen molar-refractivity contribution in [2.75, 3.05) is 4.90 Å². The Morgan fingerprint density at radius 3 is 1.56 bits per heavy atom. The zero-order chi connectivity index (χ0) is 45.3. The molecule has 0 amide bonds. The van der Waals surface area contributed by atoms with Gasteiger partial charge in [-0.25, -0.2) is 0 Å². The summed E-state index contributed by atoms with van der Waals surface area (Å²) in [6.07, 6.45) is 1.97. The highest BCUT2D eigenvalue weighted by atomic mass is 15.1. The summed E-state index contributed by atoms with van der Waals surface area (Å²) in [4.78, 5) is 2.13. The van der Waals surface area contributed by atoms with Crippen molar-refractivity contribution in [1.29, 1.82) is 0 Å². The third-order valence-electron chi connectivity index (χ3n) is 13.2. The van der Waals surface area contributed by atoms with Gasteiger partial charge >= 0.3 is 0 Å². The molecule has 0 radical (unpaired) electrons. The van der Waals surface area contributed by atoms with Gasteiger partial charge in [0.25, 0.3) is 0 Å². The van der Waals surface area contributed by atoms with E-state index in [2.05, 4.69) is 223 Å². The molecule has 10 aromatic carbocycles. The Morgan fingerprint density at radius 1 is 0.453 bits per heavy atom. The minimum Gasteiger partial charge on any atom is -0.317 e. The van der Waals surface area contributed by atoms with Crippen molar-refractivity contribution in [2.24, 2.45) is 5.92 Å². The molecule has 1 aliphatic rings. The van der Waals surface area contributed by atoms with Crippen molar-refractivity contribution < 1.29 is 4.11 Å². The molecule has 2 unspecified atom stereocenters. The highest BCUT2D eigenvalue weighted by Gasteiger charge is 2.52. The molecular formula is C63H47N. The second-order valence-electron chi connectivity index (χ2n) is 16.6. The normalized spacial score (nSPS) is 16.5. The van der Waals surface area contributed by atoms with Crippen LogP contribution in [0.3, 0.4) is 0 Å². The molecule has 1 aliphatic carbocycles. The maximum atomic E-state index is 10.5. The van der Waals surface area contributed by atoms with E-state index >= 15 is 0 Å². The minimum absolute atomic E-state index is 0.171. The molecule has 10 aromatic rings. The van der Waals surface area contributed by atoms with E-state index in [1.54, 1.807) is 0 Å². The first-order chi connectivity index (χ1) is 33.0. The highest BCUT2D eigenvalue weighted by Crippen LogP contribution is 2.58. The second-order valence-corrected chi connectivity index (χ2v) is 16.6. The molecule has 1 heteroatoms. The molecule has 304 valence electrons. The standard InChI is InChI=1S/C63H47N/c1-2-53-59-32-18-19-33-61(59)63(49-23-8-4-9-24-49,50-25-10-5-11-26-50)62(53)42-43-64(51-38-34-46(35-39-51)55-28-15-14-27-54(55)45-20-6-3-7-21-45)52-40-36-47(37-41-52)60-44-48-22-12-13-29-56(48)57-30-16-17-31-58(57)60/h2-44,53,62H,1H2/b43-42+/i1D,2D,42D/b2-1?,43-42+. The van der Waals surface area contributed by atoms with E-state index in [-0.39, 0.29) is 6.05 Å². The highest BCUT2D eigenvalue weighted by molar-refractivity contribution is 6.13. The van der Waals surface area contributed by atoms with Crippen LogP contribution in [0.15, 0.2) is 268 Å². The summed E-state index contributed by atoms with van der Waals surface area (Å²) in [5.74, 6) is -1.13. The Kier molecular flexibility index (Phi) is 9.28. The van der Waals surface area contributed by atoms with Crippen molar-refractivity contribution in [2.45, 2.75) is 11.3 Å². The summed E-state index contributed by atoms with van der Waals surface area (Å²) in [6.45, 7) is 1.16. The second kappa shape index (κ2) is 16.7. The third kappa shape index (κ3) is 6.65. The Labute approximate surface area is 380 Å². The molecule has 64 heavy (non-hydrogen) atoms. The summed E-state index contributed by atoms with van der Waals surface area (Å²) in [5, 5.41) is 4.85. The van der Waals surface area contributed by atoms with Crippen LogP contribution in [-0.4, -0.2) is 0 Å². The van der Waals surface area contributed by atoms with E-state index in [4.69, 9.17) is 1.37 Å². The summed E-state index contributed by atoms with van der Waals surface area (Å²) in [6, 6.07) is 85.6. The van der Waals surface area contributed by atoms with Gasteiger partial charge in [0, 0.05) is 29.4 Å². The van der Waals surface area contributed by atoms with Crippen LogP contribution < -0.4 is 4.90 Å². The van der Waals surface area contributed by atoms with Gasteiger partial charge < -0.3 is 4.90 Å². The third-order valence-corrected chi connectivity index (χ3v) is 13.2. The van der Waals surface area contributed by atoms with Crippen molar-refractivity contribution >= 4 is 32.9 Å². The predicted molar refractivity (Wildman–Crippen MR) is 271 cm³/mol. The van der Waals surface area contributed by atoms with Crippen LogP contribution in [-0.2, 0) is 5.41 Å². The number of benzene rings is 10. The molecule has 1 nitrogen and oxygen atoms in total. The largest absolute Gasteiger partial charge is 0.317 e. The lowest BCUT2D eigenvalue weighted by Gasteiger charge is -2.38. The molecule has 0 saturated heterocycles. The molecule has 0 bridgehead atoms. The van der Waals surface area contributed by atoms with Crippen molar-refractivity contribution in [3.63, 3.8) is 0 Å². The van der Waals surface area contributed by atoms with E-state index in [1.165, 1.54) is 21.5 Å². The van der Waals surface area contributed by atoms with Crippen LogP contribution >= 0.6 is 0 Å². The quantitative estimate of drug-likeness (QED) is 0.0981. The van der Waals surface area contributed by atoms with Gasteiger partial charge in [-0.3, -0.25) is 0 Å². The molecular weight excluding hydrogens is 771 g/mol. The van der Waals surface area contributed by atoms with Gasteiger partial charge in [-0.2, -0.15) is 0 Å². The average molecular weight is 821 g/mol. The van der Waals surface area contributed by atoms with Crippen LogP contribution in [0.4, 0.5) is 11.4 Å². The van der Waals surface area contributed by atoms with Gasteiger partial charge in [0.2, 0.25) is 0 Å². The van der Waals surface area contributed by atoms with Gasteiger partial charge in [-0.05, 0) is 108 Å². The lowest BCUT2D eigenvalue weighted by atomic mass is 9.64. The topological polar surface area (TPSA) is 3.24 Å². The van der Waals surface area contributed by atoms with Crippen molar-refractivity contribution in [1.82, 2.24) is 0 Å².